The van der Waals surface area contributed by atoms with Crippen LogP contribution in [0.25, 0.3) is 0 Å². The zero-order chi connectivity index (χ0) is 60.1. The minimum Gasteiger partial charge on any atom is -0.462 e. The van der Waals surface area contributed by atoms with Crippen LogP contribution in [0.15, 0.2) is 0 Å². The van der Waals surface area contributed by atoms with Gasteiger partial charge in [-0.05, 0) is 37.5 Å². The summed E-state index contributed by atoms with van der Waals surface area (Å²) in [6.45, 7) is 9.40. The molecule has 0 spiro atoms. The topological polar surface area (TPSA) is 237 Å². The standard InChI is InChI=1S/C62H120O17P2/c1-7-9-11-13-15-27-34-40-46-61(66)78-57(50-72-59(64)44-38-32-24-14-12-10-8-2)52-76-80(68,69)74-48-56(63)49-75-81(70,71)77-53-58(79-62(67)47-41-35-29-23-19-17-21-26-31-37-43-55(5)6)51-73-60(65)45-39-33-28-22-18-16-20-25-30-36-42-54(3)4/h54-58,63H,7-53H2,1-6H3,(H,68,69)(H,70,71)/t56-,57+,58+/m0/s1. The molecule has 0 aromatic heterocycles. The molecule has 0 saturated heterocycles. The van der Waals surface area contributed by atoms with Crippen molar-refractivity contribution in [2.24, 2.45) is 11.8 Å². The van der Waals surface area contributed by atoms with Crippen molar-refractivity contribution in [1.29, 1.82) is 0 Å². The molecule has 0 amide bonds. The number of ether oxygens (including phenoxy) is 4. The van der Waals surface area contributed by atoms with Crippen molar-refractivity contribution in [2.75, 3.05) is 39.6 Å². The third-order valence-electron chi connectivity index (χ3n) is 14.2. The van der Waals surface area contributed by atoms with Gasteiger partial charge < -0.3 is 33.8 Å². The maximum atomic E-state index is 13.0. The van der Waals surface area contributed by atoms with Gasteiger partial charge in [0.05, 0.1) is 26.4 Å². The zero-order valence-corrected chi connectivity index (χ0v) is 53.9. The van der Waals surface area contributed by atoms with E-state index in [0.29, 0.717) is 25.7 Å². The average molecular weight is 1200 g/mol. The minimum atomic E-state index is -4.94. The molecule has 0 fully saturated rings. The van der Waals surface area contributed by atoms with Crippen molar-refractivity contribution in [3.05, 3.63) is 0 Å². The Morgan fingerprint density at radius 1 is 0.333 bits per heavy atom. The first-order chi connectivity index (χ1) is 38.9. The Hall–Kier alpha value is -1.94. The summed E-state index contributed by atoms with van der Waals surface area (Å²) < 4.78 is 67.8. The third kappa shape index (κ3) is 56.9. The molecular formula is C62H120O17P2. The number of hydrogen-bond acceptors (Lipinski definition) is 15. The van der Waals surface area contributed by atoms with E-state index in [1.807, 2.05) is 0 Å². The molecule has 2 unspecified atom stereocenters. The molecule has 0 aliphatic carbocycles. The van der Waals surface area contributed by atoms with Gasteiger partial charge in [0.1, 0.15) is 19.3 Å². The van der Waals surface area contributed by atoms with Crippen LogP contribution in [0.1, 0.15) is 305 Å². The van der Waals surface area contributed by atoms with Gasteiger partial charge >= 0.3 is 39.5 Å². The highest BCUT2D eigenvalue weighted by molar-refractivity contribution is 7.47. The summed E-state index contributed by atoms with van der Waals surface area (Å²) in [5.41, 5.74) is 0. The van der Waals surface area contributed by atoms with E-state index in [1.54, 1.807) is 0 Å². The number of rotatable bonds is 61. The first-order valence-electron chi connectivity index (χ1n) is 32.5. The molecule has 0 heterocycles. The smallest absolute Gasteiger partial charge is 0.462 e. The van der Waals surface area contributed by atoms with Crippen molar-refractivity contribution in [3.8, 4) is 0 Å². The maximum Gasteiger partial charge on any atom is 0.472 e. The van der Waals surface area contributed by atoms with Crippen molar-refractivity contribution in [3.63, 3.8) is 0 Å². The Balaban J connectivity index is 5.20. The molecule has 17 nitrogen and oxygen atoms in total. The number of hydrogen-bond donors (Lipinski definition) is 3. The molecule has 3 N–H and O–H groups in total. The van der Waals surface area contributed by atoms with E-state index in [4.69, 9.17) is 37.0 Å². The number of unbranched alkanes of at least 4 members (excludes halogenated alkanes) is 31. The van der Waals surface area contributed by atoms with Gasteiger partial charge in [-0.15, -0.1) is 0 Å². The van der Waals surface area contributed by atoms with Crippen LogP contribution in [0.2, 0.25) is 0 Å². The van der Waals surface area contributed by atoms with E-state index >= 15 is 0 Å². The maximum absolute atomic E-state index is 13.0. The summed E-state index contributed by atoms with van der Waals surface area (Å²) in [6.07, 6.45) is 36.3. The molecule has 0 aliphatic heterocycles. The fourth-order valence-corrected chi connectivity index (χ4v) is 10.8. The number of phosphoric acid groups is 2. The van der Waals surface area contributed by atoms with Crippen LogP contribution in [0.3, 0.4) is 0 Å². The SMILES string of the molecule is CCCCCCCCCCC(=O)O[C@H](COC(=O)CCCCCCCCC)COP(=O)(O)OC[C@H](O)COP(=O)(O)OC[C@@H](COC(=O)CCCCCCCCCCCCC(C)C)OC(=O)CCCCCCCCCCCCC(C)C. The van der Waals surface area contributed by atoms with Crippen LogP contribution in [0, 0.1) is 11.8 Å². The Morgan fingerprint density at radius 3 is 0.840 bits per heavy atom. The Kier molecular flexibility index (Phi) is 53.4. The van der Waals surface area contributed by atoms with Crippen LogP contribution in [0.5, 0.6) is 0 Å². The van der Waals surface area contributed by atoms with Gasteiger partial charge in [-0.25, -0.2) is 9.13 Å². The zero-order valence-electron chi connectivity index (χ0n) is 52.1. The lowest BCUT2D eigenvalue weighted by Gasteiger charge is -2.21. The highest BCUT2D eigenvalue weighted by atomic mass is 31.2. The molecule has 0 saturated carbocycles. The molecule has 5 atom stereocenters. The second kappa shape index (κ2) is 54.7. The van der Waals surface area contributed by atoms with Crippen molar-refractivity contribution < 1.29 is 80.2 Å². The van der Waals surface area contributed by atoms with E-state index in [0.717, 1.165) is 121 Å². The van der Waals surface area contributed by atoms with E-state index in [2.05, 4.69) is 41.5 Å². The van der Waals surface area contributed by atoms with Crippen LogP contribution in [-0.4, -0.2) is 96.7 Å². The van der Waals surface area contributed by atoms with Gasteiger partial charge in [-0.1, -0.05) is 253 Å². The summed E-state index contributed by atoms with van der Waals surface area (Å²) in [4.78, 5) is 71.9. The van der Waals surface area contributed by atoms with Crippen molar-refractivity contribution >= 4 is 39.5 Å². The molecule has 0 aromatic rings. The van der Waals surface area contributed by atoms with Gasteiger partial charge in [0.25, 0.3) is 0 Å². The normalized spacial score (nSPS) is 14.4. The molecule has 0 aromatic carbocycles. The lowest BCUT2D eigenvalue weighted by Crippen LogP contribution is -2.30. The summed E-state index contributed by atoms with van der Waals surface area (Å²) in [5, 5.41) is 10.5. The van der Waals surface area contributed by atoms with E-state index in [9.17, 15) is 43.2 Å². The molecule has 480 valence electrons. The van der Waals surface area contributed by atoms with Gasteiger partial charge in [0, 0.05) is 25.7 Å². The summed E-state index contributed by atoms with van der Waals surface area (Å²) in [6, 6.07) is 0. The van der Waals surface area contributed by atoms with E-state index in [-0.39, 0.29) is 25.7 Å². The quantitative estimate of drug-likeness (QED) is 0.0222. The van der Waals surface area contributed by atoms with Gasteiger partial charge in [-0.2, -0.15) is 0 Å². The predicted octanol–water partition coefficient (Wildman–Crippen LogP) is 16.9. The molecule has 81 heavy (non-hydrogen) atoms. The second-order valence-corrected chi connectivity index (χ2v) is 26.3. The summed E-state index contributed by atoms with van der Waals surface area (Å²) >= 11 is 0. The van der Waals surface area contributed by atoms with Crippen LogP contribution in [0.4, 0.5) is 0 Å². The molecule has 0 aliphatic rings. The molecule has 0 rings (SSSR count). The molecular weight excluding hydrogens is 1080 g/mol. The number of aliphatic hydroxyl groups excluding tert-OH is 1. The largest absolute Gasteiger partial charge is 0.472 e. The fraction of sp³-hybridized carbons (Fsp3) is 0.935. The van der Waals surface area contributed by atoms with E-state index < -0.39 is 97.5 Å². The number of phosphoric ester groups is 2. The van der Waals surface area contributed by atoms with Gasteiger partial charge in [0.2, 0.25) is 0 Å². The molecule has 0 bridgehead atoms. The minimum absolute atomic E-state index is 0.104. The highest BCUT2D eigenvalue weighted by Crippen LogP contribution is 2.45. The fourth-order valence-electron chi connectivity index (χ4n) is 9.18. The highest BCUT2D eigenvalue weighted by Gasteiger charge is 2.30. The second-order valence-electron chi connectivity index (χ2n) is 23.4. The van der Waals surface area contributed by atoms with Crippen LogP contribution in [-0.2, 0) is 65.4 Å². The van der Waals surface area contributed by atoms with Gasteiger partial charge in [-0.3, -0.25) is 37.3 Å². The Morgan fingerprint density at radius 2 is 0.568 bits per heavy atom. The Bertz CT molecular complexity index is 1600. The number of carbonyl (C=O) groups excluding carboxylic acids is 4. The molecule has 0 radical (unpaired) electrons. The van der Waals surface area contributed by atoms with Crippen molar-refractivity contribution in [1.82, 2.24) is 0 Å². The molecule has 19 heteroatoms. The predicted molar refractivity (Wildman–Crippen MR) is 321 cm³/mol. The average Bonchev–Trinajstić information content (AvgIpc) is 3.42. The van der Waals surface area contributed by atoms with E-state index in [1.165, 1.54) is 103 Å². The summed E-state index contributed by atoms with van der Waals surface area (Å²) in [7, 11) is -9.88. The lowest BCUT2D eigenvalue weighted by atomic mass is 10.0. The van der Waals surface area contributed by atoms with Crippen LogP contribution < -0.4 is 0 Å². The number of aliphatic hydroxyl groups is 1. The Labute approximate surface area is 492 Å². The lowest BCUT2D eigenvalue weighted by molar-refractivity contribution is -0.161. The first kappa shape index (κ1) is 79.1. The van der Waals surface area contributed by atoms with Gasteiger partial charge in [0.15, 0.2) is 12.2 Å². The monoisotopic (exact) mass is 1200 g/mol. The summed E-state index contributed by atoms with van der Waals surface area (Å²) in [5.74, 6) is -0.632. The number of esters is 4. The first-order valence-corrected chi connectivity index (χ1v) is 35.5. The van der Waals surface area contributed by atoms with Crippen LogP contribution >= 0.6 is 15.6 Å². The third-order valence-corrected chi connectivity index (χ3v) is 16.1. The van der Waals surface area contributed by atoms with Crippen molar-refractivity contribution in [2.45, 2.75) is 323 Å². The number of carbonyl (C=O) groups is 4.